The molecule has 0 aromatic heterocycles. The van der Waals surface area contributed by atoms with Crippen molar-refractivity contribution in [3.8, 4) is 0 Å². The number of ether oxygens (including phenoxy) is 1. The third kappa shape index (κ3) is 4.75. The summed E-state index contributed by atoms with van der Waals surface area (Å²) in [5, 5.41) is 12.3. The molecule has 1 saturated carbocycles. The van der Waals surface area contributed by atoms with Crippen LogP contribution in [-0.4, -0.2) is 60.9 Å². The molecule has 0 spiro atoms. The van der Waals surface area contributed by atoms with Crippen LogP contribution in [0.2, 0.25) is 0 Å². The van der Waals surface area contributed by atoms with Gasteiger partial charge in [0.15, 0.2) is 0 Å². The number of hydrogen-bond donors (Lipinski definition) is 2. The monoisotopic (exact) mass is 270 g/mol. The van der Waals surface area contributed by atoms with E-state index >= 15 is 0 Å². The molecular weight excluding hydrogens is 244 g/mol. The molecule has 19 heavy (non-hydrogen) atoms. The van der Waals surface area contributed by atoms with E-state index in [2.05, 4.69) is 10.2 Å². The van der Waals surface area contributed by atoms with Crippen LogP contribution in [0.5, 0.6) is 0 Å². The molecule has 1 saturated heterocycles. The highest BCUT2D eigenvalue weighted by atomic mass is 16.5. The van der Waals surface area contributed by atoms with Crippen LogP contribution in [0, 0.1) is 5.92 Å². The minimum Gasteiger partial charge on any atom is -0.466 e. The number of likely N-dealkylation sites (tertiary alicyclic amines) is 1. The van der Waals surface area contributed by atoms with Crippen molar-refractivity contribution in [1.82, 2.24) is 10.2 Å². The average Bonchev–Trinajstić information content (AvgIpc) is 3.20. The van der Waals surface area contributed by atoms with E-state index in [-0.39, 0.29) is 12.6 Å². The quantitative estimate of drug-likeness (QED) is 0.655. The molecule has 2 N–H and O–H groups in total. The summed E-state index contributed by atoms with van der Waals surface area (Å²) in [5.41, 5.74) is 0. The lowest BCUT2D eigenvalue weighted by Gasteiger charge is -2.38. The average molecular weight is 270 g/mol. The topological polar surface area (TPSA) is 61.8 Å². The molecule has 110 valence electrons. The molecule has 2 aliphatic rings. The molecule has 0 aromatic rings. The molecule has 1 heterocycles. The molecular formula is C14H26N2O3. The first-order chi connectivity index (χ1) is 9.22. The standard InChI is InChI=1S/C14H26N2O3/c1-2-19-14(18)8-11-7-12(15-5-6-17)10-16(9-11)13-3-4-13/h11-13,15,17H,2-10H2,1H3. The Balaban J connectivity index is 1.84. The maximum absolute atomic E-state index is 11.6. The third-order valence-electron chi connectivity index (χ3n) is 3.93. The van der Waals surface area contributed by atoms with Crippen molar-refractivity contribution in [1.29, 1.82) is 0 Å². The molecule has 5 nitrogen and oxygen atoms in total. The van der Waals surface area contributed by atoms with Gasteiger partial charge in [-0.25, -0.2) is 0 Å². The van der Waals surface area contributed by atoms with E-state index in [1.807, 2.05) is 6.92 Å². The number of aliphatic hydroxyl groups excluding tert-OH is 1. The smallest absolute Gasteiger partial charge is 0.306 e. The molecule has 5 heteroatoms. The first kappa shape index (κ1) is 14.8. The van der Waals surface area contributed by atoms with Crippen LogP contribution in [0.15, 0.2) is 0 Å². The SMILES string of the molecule is CCOC(=O)CC1CC(NCCO)CN(C2CC2)C1. The minimum atomic E-state index is -0.0777. The molecule has 0 radical (unpaired) electrons. The Morgan fingerprint density at radius 3 is 2.84 bits per heavy atom. The summed E-state index contributed by atoms with van der Waals surface area (Å²) >= 11 is 0. The van der Waals surface area contributed by atoms with Crippen molar-refractivity contribution in [3.05, 3.63) is 0 Å². The molecule has 2 atom stereocenters. The van der Waals surface area contributed by atoms with Gasteiger partial charge < -0.3 is 15.2 Å². The van der Waals surface area contributed by atoms with Gasteiger partial charge in [0.2, 0.25) is 0 Å². The molecule has 2 fully saturated rings. The number of nitrogens with zero attached hydrogens (tertiary/aromatic N) is 1. The van der Waals surface area contributed by atoms with Gasteiger partial charge in [0.1, 0.15) is 0 Å². The maximum atomic E-state index is 11.6. The third-order valence-corrected chi connectivity index (χ3v) is 3.93. The highest BCUT2D eigenvalue weighted by Crippen LogP contribution is 2.32. The van der Waals surface area contributed by atoms with Gasteiger partial charge in [0.05, 0.1) is 13.2 Å². The van der Waals surface area contributed by atoms with Crippen LogP contribution in [-0.2, 0) is 9.53 Å². The van der Waals surface area contributed by atoms with E-state index in [1.165, 1.54) is 12.8 Å². The summed E-state index contributed by atoms with van der Waals surface area (Å²) in [6.45, 7) is 5.17. The molecule has 0 aromatic carbocycles. The van der Waals surface area contributed by atoms with Crippen molar-refractivity contribution in [2.45, 2.75) is 44.7 Å². The van der Waals surface area contributed by atoms with Gasteiger partial charge in [-0.05, 0) is 32.1 Å². The summed E-state index contributed by atoms with van der Waals surface area (Å²) in [7, 11) is 0. The van der Waals surface area contributed by atoms with Crippen LogP contribution in [0.1, 0.15) is 32.6 Å². The second-order valence-electron chi connectivity index (χ2n) is 5.67. The van der Waals surface area contributed by atoms with Gasteiger partial charge in [0.25, 0.3) is 0 Å². The Labute approximate surface area is 115 Å². The number of carbonyl (C=O) groups is 1. The Bertz CT molecular complexity index is 294. The van der Waals surface area contributed by atoms with E-state index in [0.29, 0.717) is 31.5 Å². The van der Waals surface area contributed by atoms with Crippen molar-refractivity contribution < 1.29 is 14.6 Å². The molecule has 2 unspecified atom stereocenters. The predicted octanol–water partition coefficient (Wildman–Crippen LogP) is 0.374. The first-order valence-corrected chi connectivity index (χ1v) is 7.46. The van der Waals surface area contributed by atoms with Crippen molar-refractivity contribution in [2.75, 3.05) is 32.8 Å². The normalized spacial score (nSPS) is 28.3. The number of esters is 1. The van der Waals surface area contributed by atoms with Gasteiger partial charge >= 0.3 is 5.97 Å². The summed E-state index contributed by atoms with van der Waals surface area (Å²) in [6.07, 6.45) is 4.11. The molecule has 1 aliphatic carbocycles. The van der Waals surface area contributed by atoms with Crippen molar-refractivity contribution >= 4 is 5.97 Å². The van der Waals surface area contributed by atoms with Gasteiger partial charge in [0, 0.05) is 38.1 Å². The number of piperidine rings is 1. The second kappa shape index (κ2) is 7.22. The van der Waals surface area contributed by atoms with Crippen LogP contribution in [0.3, 0.4) is 0 Å². The summed E-state index contributed by atoms with van der Waals surface area (Å²) < 4.78 is 5.05. The molecule has 1 aliphatic heterocycles. The Hall–Kier alpha value is -0.650. The molecule has 2 rings (SSSR count). The van der Waals surface area contributed by atoms with Crippen LogP contribution >= 0.6 is 0 Å². The van der Waals surface area contributed by atoms with Gasteiger partial charge in [-0.2, -0.15) is 0 Å². The van der Waals surface area contributed by atoms with Crippen LogP contribution in [0.25, 0.3) is 0 Å². The fourth-order valence-electron chi connectivity index (χ4n) is 3.00. The predicted molar refractivity (Wildman–Crippen MR) is 72.8 cm³/mol. The zero-order chi connectivity index (χ0) is 13.7. The van der Waals surface area contributed by atoms with E-state index in [0.717, 1.165) is 25.6 Å². The van der Waals surface area contributed by atoms with Crippen molar-refractivity contribution in [2.24, 2.45) is 5.92 Å². The van der Waals surface area contributed by atoms with Gasteiger partial charge in [-0.1, -0.05) is 0 Å². The van der Waals surface area contributed by atoms with Gasteiger partial charge in [-0.15, -0.1) is 0 Å². The zero-order valence-corrected chi connectivity index (χ0v) is 11.8. The Kier molecular flexibility index (Phi) is 5.60. The highest BCUT2D eigenvalue weighted by Gasteiger charge is 2.36. The first-order valence-electron chi connectivity index (χ1n) is 7.46. The molecule has 0 bridgehead atoms. The fourth-order valence-corrected chi connectivity index (χ4v) is 3.00. The Morgan fingerprint density at radius 1 is 1.42 bits per heavy atom. The van der Waals surface area contributed by atoms with E-state index < -0.39 is 0 Å². The van der Waals surface area contributed by atoms with E-state index in [1.54, 1.807) is 0 Å². The molecule has 0 amide bonds. The van der Waals surface area contributed by atoms with E-state index in [4.69, 9.17) is 9.84 Å². The lowest BCUT2D eigenvalue weighted by atomic mass is 9.91. The Morgan fingerprint density at radius 2 is 2.21 bits per heavy atom. The summed E-state index contributed by atoms with van der Waals surface area (Å²) in [5.74, 6) is 0.302. The minimum absolute atomic E-state index is 0.0777. The van der Waals surface area contributed by atoms with Crippen LogP contribution in [0.4, 0.5) is 0 Å². The largest absolute Gasteiger partial charge is 0.466 e. The zero-order valence-electron chi connectivity index (χ0n) is 11.8. The second-order valence-corrected chi connectivity index (χ2v) is 5.67. The van der Waals surface area contributed by atoms with Crippen LogP contribution < -0.4 is 5.32 Å². The maximum Gasteiger partial charge on any atom is 0.306 e. The number of rotatable bonds is 7. The lowest BCUT2D eigenvalue weighted by Crippen LogP contribution is -2.50. The van der Waals surface area contributed by atoms with Crippen molar-refractivity contribution in [3.63, 3.8) is 0 Å². The highest BCUT2D eigenvalue weighted by molar-refractivity contribution is 5.69. The van der Waals surface area contributed by atoms with E-state index in [9.17, 15) is 4.79 Å². The summed E-state index contributed by atoms with van der Waals surface area (Å²) in [4.78, 5) is 14.1. The van der Waals surface area contributed by atoms with Gasteiger partial charge in [-0.3, -0.25) is 9.69 Å². The fraction of sp³-hybridized carbons (Fsp3) is 0.929. The summed E-state index contributed by atoms with van der Waals surface area (Å²) in [6, 6.07) is 1.12. The lowest BCUT2D eigenvalue weighted by molar-refractivity contribution is -0.144. The number of hydrogen-bond acceptors (Lipinski definition) is 5. The number of nitrogens with one attached hydrogen (secondary N) is 1. The number of carbonyl (C=O) groups excluding carboxylic acids is 1. The number of aliphatic hydroxyl groups is 1.